The molecule has 0 N–H and O–H groups in total. The van der Waals surface area contributed by atoms with Crippen molar-refractivity contribution in [2.75, 3.05) is 36.0 Å². The number of benzene rings is 1. The van der Waals surface area contributed by atoms with Crippen LogP contribution in [0.3, 0.4) is 0 Å². The van der Waals surface area contributed by atoms with Gasteiger partial charge in [0, 0.05) is 38.1 Å². The zero-order chi connectivity index (χ0) is 13.9. The molecule has 0 amide bonds. The van der Waals surface area contributed by atoms with E-state index in [1.165, 1.54) is 11.3 Å². The molecule has 104 valence electrons. The maximum absolute atomic E-state index is 4.51. The lowest BCUT2D eigenvalue weighted by Crippen LogP contribution is -2.46. The molecule has 4 nitrogen and oxygen atoms in total. The third kappa shape index (κ3) is 2.74. The summed E-state index contributed by atoms with van der Waals surface area (Å²) in [6.07, 6.45) is 1.84. The second-order valence-electron chi connectivity index (χ2n) is 5.28. The molecule has 0 aliphatic carbocycles. The monoisotopic (exact) mass is 268 g/mol. The van der Waals surface area contributed by atoms with Crippen molar-refractivity contribution in [2.24, 2.45) is 0 Å². The Morgan fingerprint density at radius 1 is 0.950 bits per heavy atom. The SMILES string of the molecule is Cc1cccc(N2CCN(c3ccnc(C)n3)CC2)c1. The van der Waals surface area contributed by atoms with Crippen molar-refractivity contribution < 1.29 is 0 Å². The van der Waals surface area contributed by atoms with Crippen LogP contribution in [0, 0.1) is 13.8 Å². The smallest absolute Gasteiger partial charge is 0.132 e. The van der Waals surface area contributed by atoms with E-state index in [0.29, 0.717) is 0 Å². The van der Waals surface area contributed by atoms with Gasteiger partial charge in [0.1, 0.15) is 11.6 Å². The molecule has 2 heterocycles. The fourth-order valence-corrected chi connectivity index (χ4v) is 2.64. The van der Waals surface area contributed by atoms with Gasteiger partial charge in [0.05, 0.1) is 0 Å². The van der Waals surface area contributed by atoms with Crippen molar-refractivity contribution in [3.05, 3.63) is 47.9 Å². The highest BCUT2D eigenvalue weighted by Crippen LogP contribution is 2.20. The van der Waals surface area contributed by atoms with Crippen LogP contribution in [0.25, 0.3) is 0 Å². The van der Waals surface area contributed by atoms with Crippen LogP contribution in [0.15, 0.2) is 36.5 Å². The van der Waals surface area contributed by atoms with Crippen LogP contribution in [0.5, 0.6) is 0 Å². The van der Waals surface area contributed by atoms with Gasteiger partial charge in [-0.05, 0) is 37.6 Å². The predicted molar refractivity (Wildman–Crippen MR) is 82.4 cm³/mol. The Morgan fingerprint density at radius 2 is 1.70 bits per heavy atom. The van der Waals surface area contributed by atoms with Crippen LogP contribution in [0.2, 0.25) is 0 Å². The lowest BCUT2D eigenvalue weighted by atomic mass is 10.2. The van der Waals surface area contributed by atoms with E-state index in [2.05, 4.69) is 51.0 Å². The first-order chi connectivity index (χ1) is 9.72. The summed E-state index contributed by atoms with van der Waals surface area (Å²) in [4.78, 5) is 13.4. The maximum atomic E-state index is 4.51. The third-order valence-corrected chi connectivity index (χ3v) is 3.73. The molecule has 1 aromatic carbocycles. The van der Waals surface area contributed by atoms with E-state index in [1.807, 2.05) is 19.2 Å². The van der Waals surface area contributed by atoms with Gasteiger partial charge in [-0.3, -0.25) is 0 Å². The fourth-order valence-electron chi connectivity index (χ4n) is 2.64. The Balaban J connectivity index is 1.68. The van der Waals surface area contributed by atoms with Crippen molar-refractivity contribution in [3.63, 3.8) is 0 Å². The van der Waals surface area contributed by atoms with Crippen molar-refractivity contribution in [2.45, 2.75) is 13.8 Å². The van der Waals surface area contributed by atoms with Gasteiger partial charge in [-0.1, -0.05) is 12.1 Å². The molecule has 1 saturated heterocycles. The zero-order valence-electron chi connectivity index (χ0n) is 12.1. The standard InChI is InChI=1S/C16H20N4/c1-13-4-3-5-15(12-13)19-8-10-20(11-9-19)16-6-7-17-14(2)18-16/h3-7,12H,8-11H2,1-2H3. The minimum absolute atomic E-state index is 0.837. The highest BCUT2D eigenvalue weighted by Gasteiger charge is 2.18. The molecule has 1 aliphatic rings. The first kappa shape index (κ1) is 12.9. The Bertz CT molecular complexity index is 535. The van der Waals surface area contributed by atoms with Gasteiger partial charge in [-0.15, -0.1) is 0 Å². The van der Waals surface area contributed by atoms with Crippen LogP contribution < -0.4 is 9.80 Å². The summed E-state index contributed by atoms with van der Waals surface area (Å²) in [5.41, 5.74) is 2.64. The molecule has 0 atom stereocenters. The first-order valence-electron chi connectivity index (χ1n) is 7.08. The minimum atomic E-state index is 0.837. The van der Waals surface area contributed by atoms with Crippen LogP contribution in [0.4, 0.5) is 11.5 Å². The highest BCUT2D eigenvalue weighted by atomic mass is 15.3. The molecule has 1 aromatic heterocycles. The van der Waals surface area contributed by atoms with Gasteiger partial charge in [0.15, 0.2) is 0 Å². The summed E-state index contributed by atoms with van der Waals surface area (Å²) in [7, 11) is 0. The second kappa shape index (κ2) is 5.49. The summed E-state index contributed by atoms with van der Waals surface area (Å²) >= 11 is 0. The second-order valence-corrected chi connectivity index (χ2v) is 5.28. The molecular weight excluding hydrogens is 248 g/mol. The molecule has 2 aromatic rings. The predicted octanol–water partition coefficient (Wildman–Crippen LogP) is 2.42. The molecule has 0 bridgehead atoms. The third-order valence-electron chi connectivity index (χ3n) is 3.73. The van der Waals surface area contributed by atoms with Crippen molar-refractivity contribution in [1.82, 2.24) is 9.97 Å². The van der Waals surface area contributed by atoms with E-state index in [1.54, 1.807) is 0 Å². The van der Waals surface area contributed by atoms with E-state index in [-0.39, 0.29) is 0 Å². The van der Waals surface area contributed by atoms with E-state index >= 15 is 0 Å². The van der Waals surface area contributed by atoms with Crippen molar-refractivity contribution >= 4 is 11.5 Å². The summed E-state index contributed by atoms with van der Waals surface area (Å²) in [6, 6.07) is 10.7. The molecule has 3 rings (SSSR count). The largest absolute Gasteiger partial charge is 0.368 e. The van der Waals surface area contributed by atoms with Gasteiger partial charge in [-0.2, -0.15) is 0 Å². The van der Waals surface area contributed by atoms with Gasteiger partial charge in [-0.25, -0.2) is 9.97 Å². The lowest BCUT2D eigenvalue weighted by Gasteiger charge is -2.36. The maximum Gasteiger partial charge on any atom is 0.132 e. The number of nitrogens with zero attached hydrogens (tertiary/aromatic N) is 4. The lowest BCUT2D eigenvalue weighted by molar-refractivity contribution is 0.645. The number of hydrogen-bond acceptors (Lipinski definition) is 4. The van der Waals surface area contributed by atoms with Crippen LogP contribution in [0.1, 0.15) is 11.4 Å². The topological polar surface area (TPSA) is 32.3 Å². The number of rotatable bonds is 2. The summed E-state index contributed by atoms with van der Waals surface area (Å²) in [5.74, 6) is 1.88. The average Bonchev–Trinajstić information content (AvgIpc) is 2.47. The fraction of sp³-hybridized carbons (Fsp3) is 0.375. The van der Waals surface area contributed by atoms with Crippen LogP contribution >= 0.6 is 0 Å². The highest BCUT2D eigenvalue weighted by molar-refractivity contribution is 5.50. The van der Waals surface area contributed by atoms with E-state index < -0.39 is 0 Å². The number of aryl methyl sites for hydroxylation is 2. The first-order valence-corrected chi connectivity index (χ1v) is 7.08. The molecule has 1 fully saturated rings. The minimum Gasteiger partial charge on any atom is -0.368 e. The molecule has 20 heavy (non-hydrogen) atoms. The molecular formula is C16H20N4. The molecule has 1 aliphatic heterocycles. The molecule has 0 spiro atoms. The Morgan fingerprint density at radius 3 is 2.40 bits per heavy atom. The normalized spacial score (nSPS) is 15.5. The van der Waals surface area contributed by atoms with Crippen molar-refractivity contribution in [3.8, 4) is 0 Å². The van der Waals surface area contributed by atoms with Crippen LogP contribution in [-0.2, 0) is 0 Å². The zero-order valence-corrected chi connectivity index (χ0v) is 12.1. The molecule has 4 heteroatoms. The van der Waals surface area contributed by atoms with Gasteiger partial charge in [0.2, 0.25) is 0 Å². The van der Waals surface area contributed by atoms with Crippen molar-refractivity contribution in [1.29, 1.82) is 0 Å². The number of anilines is 2. The van der Waals surface area contributed by atoms with Gasteiger partial charge < -0.3 is 9.80 Å². The molecule has 0 unspecified atom stereocenters. The Kier molecular flexibility index (Phi) is 3.54. The average molecular weight is 268 g/mol. The summed E-state index contributed by atoms with van der Waals surface area (Å²) in [6.45, 7) is 8.16. The van der Waals surface area contributed by atoms with Crippen LogP contribution in [-0.4, -0.2) is 36.1 Å². The van der Waals surface area contributed by atoms with Gasteiger partial charge >= 0.3 is 0 Å². The number of hydrogen-bond donors (Lipinski definition) is 0. The summed E-state index contributed by atoms with van der Waals surface area (Å²) in [5, 5.41) is 0. The Hall–Kier alpha value is -2.10. The molecule has 0 saturated carbocycles. The van der Waals surface area contributed by atoms with E-state index in [4.69, 9.17) is 0 Å². The Labute approximate surface area is 120 Å². The number of piperazine rings is 1. The van der Waals surface area contributed by atoms with Gasteiger partial charge in [0.25, 0.3) is 0 Å². The van der Waals surface area contributed by atoms with E-state index in [9.17, 15) is 0 Å². The summed E-state index contributed by atoms with van der Waals surface area (Å²) < 4.78 is 0. The molecule has 0 radical (unpaired) electrons. The van der Waals surface area contributed by atoms with E-state index in [0.717, 1.165) is 37.8 Å². The quantitative estimate of drug-likeness (QED) is 0.837. The number of aromatic nitrogens is 2.